The Labute approximate surface area is 287 Å². The summed E-state index contributed by atoms with van der Waals surface area (Å²) in [5.74, 6) is 0. The lowest BCUT2D eigenvalue weighted by molar-refractivity contribution is 0.346. The maximum atomic E-state index is 2.35. The molecule has 0 radical (unpaired) electrons. The standard InChI is InChI=1S/C20H24.C16H18.C11H16/c1-16-6-10-18(11-7-16)20(14-4-3-5-15-20)19-12-8-17(2)9-13-19;1-11-5-7-15(9-13(11)3)16-8-6-12(2)14(4)10-16;1-9-5-7-10(8-6-9)11(2,3)4/h6-13H,3-5,14-15H2,1-2H3;5-10H,1-4H3;5-8H,1-4H3. The van der Waals surface area contributed by atoms with Gasteiger partial charge in [0.15, 0.2) is 0 Å². The number of hydrogen-bond donors (Lipinski definition) is 0. The molecule has 0 aliphatic heterocycles. The summed E-state index contributed by atoms with van der Waals surface area (Å²) in [6.45, 7) is 21.8. The second-order valence-electron chi connectivity index (χ2n) is 15.1. The van der Waals surface area contributed by atoms with E-state index in [0.717, 1.165) is 0 Å². The summed E-state index contributed by atoms with van der Waals surface area (Å²) < 4.78 is 0. The van der Waals surface area contributed by atoms with E-state index in [9.17, 15) is 0 Å². The molecule has 1 fully saturated rings. The van der Waals surface area contributed by atoms with Crippen LogP contribution in [0.2, 0.25) is 0 Å². The van der Waals surface area contributed by atoms with Gasteiger partial charge in [-0.15, -0.1) is 0 Å². The third kappa shape index (κ3) is 9.57. The van der Waals surface area contributed by atoms with Gasteiger partial charge in [-0.25, -0.2) is 0 Å². The molecular weight excluding hydrogens is 565 g/mol. The van der Waals surface area contributed by atoms with Crippen molar-refractivity contribution in [2.24, 2.45) is 0 Å². The van der Waals surface area contributed by atoms with E-state index >= 15 is 0 Å². The monoisotopic (exact) mass is 622 g/mol. The van der Waals surface area contributed by atoms with Gasteiger partial charge in [-0.3, -0.25) is 0 Å². The number of rotatable bonds is 3. The first-order chi connectivity index (χ1) is 22.3. The Morgan fingerprint density at radius 2 is 0.766 bits per heavy atom. The van der Waals surface area contributed by atoms with E-state index < -0.39 is 0 Å². The summed E-state index contributed by atoms with van der Waals surface area (Å²) in [6, 6.07) is 40.5. The minimum absolute atomic E-state index is 0.250. The van der Waals surface area contributed by atoms with E-state index in [1.807, 2.05) is 0 Å². The SMILES string of the molecule is Cc1ccc(-c2ccc(C)c(C)c2)cc1C.Cc1ccc(C(C)(C)C)cc1.Cc1ccc(C2(c3ccc(C)cc3)CCCCC2)cc1. The highest BCUT2D eigenvalue weighted by atomic mass is 14.4. The summed E-state index contributed by atoms with van der Waals surface area (Å²) in [7, 11) is 0. The van der Waals surface area contributed by atoms with Crippen LogP contribution in [0.5, 0.6) is 0 Å². The Balaban J connectivity index is 0.000000167. The fraction of sp³-hybridized carbons (Fsp3) is 0.362. The molecule has 246 valence electrons. The number of benzene rings is 5. The summed E-state index contributed by atoms with van der Waals surface area (Å²) in [4.78, 5) is 0. The van der Waals surface area contributed by atoms with Gasteiger partial charge in [0.25, 0.3) is 0 Å². The molecule has 0 bridgehead atoms. The molecular formula is C47H58. The molecule has 5 aromatic carbocycles. The smallest absolute Gasteiger partial charge is 0.0202 e. The largest absolute Gasteiger partial charge is 0.0590 e. The second-order valence-corrected chi connectivity index (χ2v) is 15.1. The molecule has 0 N–H and O–H groups in total. The third-order valence-corrected chi connectivity index (χ3v) is 10.2. The Morgan fingerprint density at radius 3 is 1.11 bits per heavy atom. The molecule has 0 saturated heterocycles. The van der Waals surface area contributed by atoms with Gasteiger partial charge >= 0.3 is 0 Å². The number of aryl methyl sites for hydroxylation is 7. The van der Waals surface area contributed by atoms with Gasteiger partial charge in [-0.05, 0) is 117 Å². The average molecular weight is 623 g/mol. The second kappa shape index (κ2) is 15.8. The van der Waals surface area contributed by atoms with Gasteiger partial charge < -0.3 is 0 Å². The minimum Gasteiger partial charge on any atom is -0.0590 e. The highest BCUT2D eigenvalue weighted by Gasteiger charge is 2.35. The summed E-state index contributed by atoms with van der Waals surface area (Å²) in [6.07, 6.45) is 6.67. The Kier molecular flexibility index (Phi) is 12.1. The van der Waals surface area contributed by atoms with E-state index in [1.165, 1.54) is 98.9 Å². The molecule has 1 saturated carbocycles. The number of hydrogen-bond acceptors (Lipinski definition) is 0. The zero-order chi connectivity index (χ0) is 34.2. The van der Waals surface area contributed by atoms with Gasteiger partial charge in [-0.1, -0.05) is 166 Å². The van der Waals surface area contributed by atoms with Gasteiger partial charge in [0, 0.05) is 5.41 Å². The van der Waals surface area contributed by atoms with E-state index in [1.54, 1.807) is 0 Å². The van der Waals surface area contributed by atoms with Gasteiger partial charge in [0.2, 0.25) is 0 Å². The molecule has 47 heavy (non-hydrogen) atoms. The van der Waals surface area contributed by atoms with Crippen LogP contribution < -0.4 is 0 Å². The fourth-order valence-corrected chi connectivity index (χ4v) is 6.54. The van der Waals surface area contributed by atoms with Crippen LogP contribution in [-0.2, 0) is 10.8 Å². The third-order valence-electron chi connectivity index (χ3n) is 10.2. The molecule has 0 amide bonds. The van der Waals surface area contributed by atoms with Crippen molar-refractivity contribution in [3.05, 3.63) is 165 Å². The molecule has 6 rings (SSSR count). The first kappa shape index (κ1) is 35.9. The Hall–Kier alpha value is -3.90. The molecule has 0 aromatic heterocycles. The highest BCUT2D eigenvalue weighted by Crippen LogP contribution is 2.45. The van der Waals surface area contributed by atoms with Crippen molar-refractivity contribution in [3.8, 4) is 11.1 Å². The molecule has 0 heteroatoms. The van der Waals surface area contributed by atoms with E-state index in [4.69, 9.17) is 0 Å². The minimum atomic E-state index is 0.250. The molecule has 1 aliphatic carbocycles. The molecule has 0 nitrogen and oxygen atoms in total. The average Bonchev–Trinajstić information content (AvgIpc) is 3.05. The van der Waals surface area contributed by atoms with Crippen molar-refractivity contribution in [1.29, 1.82) is 0 Å². The summed E-state index contributed by atoms with van der Waals surface area (Å²) in [5.41, 5.74) is 17.0. The molecule has 5 aromatic rings. The van der Waals surface area contributed by atoms with Crippen LogP contribution in [0.15, 0.2) is 109 Å². The lowest BCUT2D eigenvalue weighted by Crippen LogP contribution is -2.30. The molecule has 0 spiro atoms. The fourth-order valence-electron chi connectivity index (χ4n) is 6.54. The zero-order valence-electron chi connectivity index (χ0n) is 30.9. The molecule has 0 atom stereocenters. The van der Waals surface area contributed by atoms with Gasteiger partial charge in [-0.2, -0.15) is 0 Å². The van der Waals surface area contributed by atoms with Crippen LogP contribution in [0, 0.1) is 48.5 Å². The van der Waals surface area contributed by atoms with Crippen molar-refractivity contribution < 1.29 is 0 Å². The Morgan fingerprint density at radius 1 is 0.404 bits per heavy atom. The molecule has 0 heterocycles. The quantitative estimate of drug-likeness (QED) is 0.188. The van der Waals surface area contributed by atoms with Crippen molar-refractivity contribution in [2.45, 2.75) is 112 Å². The van der Waals surface area contributed by atoms with E-state index in [-0.39, 0.29) is 10.8 Å². The van der Waals surface area contributed by atoms with Gasteiger partial charge in [0.1, 0.15) is 0 Å². The van der Waals surface area contributed by atoms with Crippen LogP contribution in [0.25, 0.3) is 11.1 Å². The summed E-state index contributed by atoms with van der Waals surface area (Å²) in [5, 5.41) is 0. The van der Waals surface area contributed by atoms with Crippen LogP contribution in [0.4, 0.5) is 0 Å². The van der Waals surface area contributed by atoms with Crippen molar-refractivity contribution in [2.75, 3.05) is 0 Å². The molecule has 0 unspecified atom stereocenters. The molecule has 1 aliphatic rings. The predicted molar refractivity (Wildman–Crippen MR) is 207 cm³/mol. The van der Waals surface area contributed by atoms with Crippen LogP contribution >= 0.6 is 0 Å². The Bertz CT molecular complexity index is 1610. The first-order valence-electron chi connectivity index (χ1n) is 17.6. The highest BCUT2D eigenvalue weighted by molar-refractivity contribution is 5.66. The van der Waals surface area contributed by atoms with Crippen molar-refractivity contribution in [3.63, 3.8) is 0 Å². The van der Waals surface area contributed by atoms with Crippen LogP contribution in [-0.4, -0.2) is 0 Å². The topological polar surface area (TPSA) is 0 Å². The lowest BCUT2D eigenvalue weighted by atomic mass is 9.65. The van der Waals surface area contributed by atoms with Gasteiger partial charge in [0.05, 0.1) is 0 Å². The maximum absolute atomic E-state index is 2.35. The van der Waals surface area contributed by atoms with Crippen LogP contribution in [0.3, 0.4) is 0 Å². The first-order valence-corrected chi connectivity index (χ1v) is 17.6. The lowest BCUT2D eigenvalue weighted by Gasteiger charge is -2.38. The maximum Gasteiger partial charge on any atom is 0.0202 e. The predicted octanol–water partition coefficient (Wildman–Crippen LogP) is 13.4. The van der Waals surface area contributed by atoms with E-state index in [0.29, 0.717) is 0 Å². The van der Waals surface area contributed by atoms with Crippen LogP contribution in [0.1, 0.15) is 109 Å². The van der Waals surface area contributed by atoms with Crippen molar-refractivity contribution in [1.82, 2.24) is 0 Å². The summed E-state index contributed by atoms with van der Waals surface area (Å²) >= 11 is 0. The van der Waals surface area contributed by atoms with E-state index in [2.05, 4.69) is 178 Å². The zero-order valence-corrected chi connectivity index (χ0v) is 30.9. The van der Waals surface area contributed by atoms with Crippen molar-refractivity contribution >= 4 is 0 Å². The normalized spacial score (nSPS) is 13.9.